The highest BCUT2D eigenvalue weighted by Crippen LogP contribution is 2.31. The Morgan fingerprint density at radius 2 is 1.95 bits per heavy atom. The van der Waals surface area contributed by atoms with Crippen LogP contribution in [-0.4, -0.2) is 34.8 Å². The van der Waals surface area contributed by atoms with Crippen LogP contribution < -0.4 is 5.73 Å². The van der Waals surface area contributed by atoms with Crippen LogP contribution in [0.4, 0.5) is 0 Å². The Balaban J connectivity index is 2.02. The van der Waals surface area contributed by atoms with Crippen LogP contribution in [0.3, 0.4) is 0 Å². The zero-order valence-electron chi connectivity index (χ0n) is 12.4. The van der Waals surface area contributed by atoms with E-state index in [2.05, 4.69) is 31.2 Å². The minimum absolute atomic E-state index is 0.103. The Hall–Kier alpha value is -1.49. The molecule has 1 aliphatic heterocycles. The van der Waals surface area contributed by atoms with Gasteiger partial charge in [0.15, 0.2) is 0 Å². The Morgan fingerprint density at radius 3 is 2.62 bits per heavy atom. The summed E-state index contributed by atoms with van der Waals surface area (Å²) in [6, 6.07) is 8.58. The van der Waals surface area contributed by atoms with E-state index in [1.54, 1.807) is 0 Å². The van der Waals surface area contributed by atoms with Gasteiger partial charge in [0.2, 0.25) is 11.8 Å². The molecule has 1 aliphatic rings. The molecule has 1 heterocycles. The molecule has 1 aromatic rings. The zero-order chi connectivity index (χ0) is 15.2. The molecule has 0 saturated carbocycles. The van der Waals surface area contributed by atoms with Crippen molar-refractivity contribution in [2.45, 2.75) is 32.2 Å². The van der Waals surface area contributed by atoms with Crippen molar-refractivity contribution < 1.29 is 9.59 Å². The average molecular weight is 306 g/mol. The van der Waals surface area contributed by atoms with E-state index >= 15 is 0 Å². The first-order chi connectivity index (χ1) is 10.1. The first-order valence-electron chi connectivity index (χ1n) is 7.30. The lowest BCUT2D eigenvalue weighted by Crippen LogP contribution is -2.39. The number of carbonyl (C=O) groups excluding carboxylic acids is 2. The van der Waals surface area contributed by atoms with Gasteiger partial charge in [-0.2, -0.15) is 0 Å². The summed E-state index contributed by atoms with van der Waals surface area (Å²) in [6.45, 7) is 2.86. The SMILES string of the molecule is Cc1ccc([C@H]2CCCCN2C(=O)CSCC(N)=O)cc1. The summed E-state index contributed by atoms with van der Waals surface area (Å²) in [5.74, 6) is 0.258. The molecule has 4 nitrogen and oxygen atoms in total. The van der Waals surface area contributed by atoms with Crippen LogP contribution in [0.2, 0.25) is 0 Å². The normalized spacial score (nSPS) is 18.5. The van der Waals surface area contributed by atoms with Crippen LogP contribution in [0.25, 0.3) is 0 Å². The number of thioether (sulfide) groups is 1. The van der Waals surface area contributed by atoms with Crippen LogP contribution in [-0.2, 0) is 9.59 Å². The van der Waals surface area contributed by atoms with Gasteiger partial charge in [0.25, 0.3) is 0 Å². The molecule has 0 aromatic heterocycles. The van der Waals surface area contributed by atoms with E-state index in [0.29, 0.717) is 5.75 Å². The molecule has 2 N–H and O–H groups in total. The van der Waals surface area contributed by atoms with E-state index in [4.69, 9.17) is 5.73 Å². The predicted octanol–water partition coefficient (Wildman–Crippen LogP) is 2.27. The van der Waals surface area contributed by atoms with Crippen molar-refractivity contribution in [3.63, 3.8) is 0 Å². The van der Waals surface area contributed by atoms with Gasteiger partial charge in [-0.25, -0.2) is 0 Å². The number of amides is 2. The van der Waals surface area contributed by atoms with Crippen molar-refractivity contribution in [2.75, 3.05) is 18.1 Å². The van der Waals surface area contributed by atoms with Gasteiger partial charge < -0.3 is 10.6 Å². The quantitative estimate of drug-likeness (QED) is 0.907. The third-order valence-electron chi connectivity index (χ3n) is 3.76. The van der Waals surface area contributed by atoms with Crippen LogP contribution in [0, 0.1) is 6.92 Å². The van der Waals surface area contributed by atoms with Crippen LogP contribution in [0.1, 0.15) is 36.4 Å². The first kappa shape index (κ1) is 15.9. The van der Waals surface area contributed by atoms with Crippen molar-refractivity contribution >= 4 is 23.6 Å². The monoisotopic (exact) mass is 306 g/mol. The number of rotatable bonds is 5. The number of hydrogen-bond donors (Lipinski definition) is 1. The number of primary amides is 1. The van der Waals surface area contributed by atoms with E-state index in [1.165, 1.54) is 22.9 Å². The minimum Gasteiger partial charge on any atom is -0.369 e. The Labute approximate surface area is 130 Å². The lowest BCUT2D eigenvalue weighted by atomic mass is 9.94. The molecule has 1 saturated heterocycles. The molecule has 5 heteroatoms. The smallest absolute Gasteiger partial charge is 0.233 e. The lowest BCUT2D eigenvalue weighted by molar-refractivity contribution is -0.132. The van der Waals surface area contributed by atoms with Crippen LogP contribution >= 0.6 is 11.8 Å². The summed E-state index contributed by atoms with van der Waals surface area (Å²) in [7, 11) is 0. The summed E-state index contributed by atoms with van der Waals surface area (Å²) in [5.41, 5.74) is 7.53. The molecule has 2 rings (SSSR count). The van der Waals surface area contributed by atoms with Gasteiger partial charge in [-0.3, -0.25) is 9.59 Å². The molecule has 21 heavy (non-hydrogen) atoms. The molecule has 1 atom stereocenters. The number of benzene rings is 1. The fourth-order valence-corrected chi connectivity index (χ4v) is 3.33. The minimum atomic E-state index is -0.374. The Kier molecular flexibility index (Phi) is 5.67. The second kappa shape index (κ2) is 7.50. The van der Waals surface area contributed by atoms with Crippen molar-refractivity contribution in [3.05, 3.63) is 35.4 Å². The maximum Gasteiger partial charge on any atom is 0.233 e. The zero-order valence-corrected chi connectivity index (χ0v) is 13.2. The van der Waals surface area contributed by atoms with Gasteiger partial charge in [0.05, 0.1) is 17.5 Å². The fraction of sp³-hybridized carbons (Fsp3) is 0.500. The molecule has 1 fully saturated rings. The third-order valence-corrected chi connectivity index (χ3v) is 4.69. The Bertz CT molecular complexity index is 502. The molecule has 0 unspecified atom stereocenters. The predicted molar refractivity (Wildman–Crippen MR) is 86.0 cm³/mol. The van der Waals surface area contributed by atoms with Crippen molar-refractivity contribution in [1.29, 1.82) is 0 Å². The largest absolute Gasteiger partial charge is 0.369 e. The topological polar surface area (TPSA) is 63.4 Å². The summed E-state index contributed by atoms with van der Waals surface area (Å²) >= 11 is 1.30. The van der Waals surface area contributed by atoms with E-state index in [9.17, 15) is 9.59 Å². The van der Waals surface area contributed by atoms with E-state index < -0.39 is 0 Å². The van der Waals surface area contributed by atoms with Gasteiger partial charge in [0.1, 0.15) is 0 Å². The second-order valence-corrected chi connectivity index (χ2v) is 6.45. The number of aryl methyl sites for hydroxylation is 1. The van der Waals surface area contributed by atoms with Crippen LogP contribution in [0.15, 0.2) is 24.3 Å². The maximum absolute atomic E-state index is 12.4. The third kappa shape index (κ3) is 4.49. The van der Waals surface area contributed by atoms with E-state index in [-0.39, 0.29) is 23.6 Å². The number of hydrogen-bond acceptors (Lipinski definition) is 3. The molecular formula is C16H22N2O2S. The van der Waals surface area contributed by atoms with E-state index in [0.717, 1.165) is 25.8 Å². The molecule has 114 valence electrons. The van der Waals surface area contributed by atoms with Gasteiger partial charge >= 0.3 is 0 Å². The molecule has 0 bridgehead atoms. The van der Waals surface area contributed by atoms with Gasteiger partial charge in [-0.15, -0.1) is 11.8 Å². The summed E-state index contributed by atoms with van der Waals surface area (Å²) < 4.78 is 0. The molecule has 0 aliphatic carbocycles. The summed E-state index contributed by atoms with van der Waals surface area (Å²) in [5, 5.41) is 0. The fourth-order valence-electron chi connectivity index (χ4n) is 2.69. The van der Waals surface area contributed by atoms with E-state index in [1.807, 2.05) is 4.90 Å². The standard InChI is InChI=1S/C16H22N2O2S/c1-12-5-7-13(8-6-12)14-4-2-3-9-18(14)16(20)11-21-10-15(17)19/h5-8,14H,2-4,9-11H2,1H3,(H2,17,19)/t14-/m1/s1. The lowest BCUT2D eigenvalue weighted by Gasteiger charge is -2.36. The highest BCUT2D eigenvalue weighted by Gasteiger charge is 2.27. The maximum atomic E-state index is 12.4. The van der Waals surface area contributed by atoms with Crippen molar-refractivity contribution in [3.8, 4) is 0 Å². The van der Waals surface area contributed by atoms with Crippen LogP contribution in [0.5, 0.6) is 0 Å². The summed E-state index contributed by atoms with van der Waals surface area (Å²) in [4.78, 5) is 25.1. The van der Waals surface area contributed by atoms with Gasteiger partial charge in [-0.05, 0) is 31.7 Å². The molecule has 1 aromatic carbocycles. The van der Waals surface area contributed by atoms with Crippen molar-refractivity contribution in [1.82, 2.24) is 4.90 Å². The molecule has 2 amide bonds. The number of likely N-dealkylation sites (tertiary alicyclic amines) is 1. The number of piperidine rings is 1. The van der Waals surface area contributed by atoms with Gasteiger partial charge in [0, 0.05) is 6.54 Å². The Morgan fingerprint density at radius 1 is 1.24 bits per heavy atom. The molecule has 0 spiro atoms. The number of nitrogens with two attached hydrogens (primary N) is 1. The average Bonchev–Trinajstić information content (AvgIpc) is 2.47. The number of nitrogens with zero attached hydrogens (tertiary/aromatic N) is 1. The highest BCUT2D eigenvalue weighted by molar-refractivity contribution is 8.00. The van der Waals surface area contributed by atoms with Gasteiger partial charge in [-0.1, -0.05) is 29.8 Å². The first-order valence-corrected chi connectivity index (χ1v) is 8.45. The molecular weight excluding hydrogens is 284 g/mol. The number of carbonyl (C=O) groups is 2. The highest BCUT2D eigenvalue weighted by atomic mass is 32.2. The molecule has 0 radical (unpaired) electrons. The second-order valence-electron chi connectivity index (χ2n) is 5.47. The summed E-state index contributed by atoms with van der Waals surface area (Å²) in [6.07, 6.45) is 3.21. The van der Waals surface area contributed by atoms with Crippen molar-refractivity contribution in [2.24, 2.45) is 5.73 Å².